The maximum Gasteiger partial charge on any atom is 1.00 e. The van der Waals surface area contributed by atoms with Crippen LogP contribution in [0.5, 0.6) is 0 Å². The summed E-state index contributed by atoms with van der Waals surface area (Å²) in [6.07, 6.45) is 40.4. The van der Waals surface area contributed by atoms with E-state index >= 15 is 0 Å². The van der Waals surface area contributed by atoms with Crippen LogP contribution in [0.2, 0.25) is 0 Å². The Kier molecular flexibility index (Phi) is 72.0. The molecule has 6 saturated carbocycles. The molecule has 5 aromatic carbocycles. The van der Waals surface area contributed by atoms with Gasteiger partial charge in [0.1, 0.15) is 0 Å². The Balaban J connectivity index is -0.00000125. The standard InChI is InChI=1S/C10H20.C9H17N3.C9H19N.2C9H16O2.C9H10O2.C9H18O.C8H9NO2.C8H5NO2.2C8H11N.B.N3.Na/c1-3-9-6-5-7-10(4-2)8-9;1-2-8-4-3-5-9(6-8)7-11-12-10;1-2-8-4-3-5-9(6-8)7-10;3*1-2-7-4-3-5-8(6-7)9(10)11;1-2-8-4-3-5-9(6-8)7-10;2*9-5-6-2-1-3-7(4-6)8(10)11;2*1-7(9)8-5-3-2-4-6-8;;1-3-2;/h9-10H,3-8H2,1-2H3;8-9H,2-7H2,1H3;8-9H,2-7,10H2,1H3;2*7-8H,2-6H2,1H3,(H,10,11);3-6H,2H2,1H3,(H,10,11);8-10H,2-7H2,1H3;1-4H,5,9H2,(H,10,11);1-4H,(H,10,11);2*2-7H,9H2,1H3;;;/q;;;;;;;;;;;;-1;+1/t9-,10+;2*8-,9+;7-,8?;;;8-,9+;;;;;;;/m.000..0......./s1. The third kappa shape index (κ3) is 55.4. The number of rotatable bonds is 20. The largest absolute Gasteiger partial charge is 1.00 e. The van der Waals surface area contributed by atoms with Crippen molar-refractivity contribution < 1.29 is 84.2 Å². The number of carboxylic acid groups (broad SMARTS) is 5. The Morgan fingerprint density at radius 1 is 0.433 bits per heavy atom. The van der Waals surface area contributed by atoms with Gasteiger partial charge in [0.25, 0.3) is 0 Å². The Labute approximate surface area is 745 Å². The van der Waals surface area contributed by atoms with E-state index in [1.165, 1.54) is 176 Å². The zero-order valence-electron chi connectivity index (χ0n) is 75.0. The number of aliphatic hydroxyl groups excluding tert-OH is 1. The van der Waals surface area contributed by atoms with Gasteiger partial charge in [-0.3, -0.25) is 14.5 Å². The normalized spacial score (nSPS) is 21.9. The van der Waals surface area contributed by atoms with Crippen LogP contribution in [0.25, 0.3) is 26.4 Å². The van der Waals surface area contributed by atoms with Gasteiger partial charge in [-0.25, -0.2) is 14.4 Å². The summed E-state index contributed by atoms with van der Waals surface area (Å²) < 4.78 is 0. The summed E-state index contributed by atoms with van der Waals surface area (Å²) in [6, 6.07) is 41.8. The molecule has 0 bridgehead atoms. The van der Waals surface area contributed by atoms with Crippen LogP contribution in [0.1, 0.15) is 339 Å². The molecule has 661 valence electrons. The molecule has 24 heteroatoms. The fraction of sp³-hybridized carbons (Fsp3) is 0.625. The van der Waals surface area contributed by atoms with Crippen molar-refractivity contribution in [2.75, 3.05) is 19.7 Å². The molecule has 6 aliphatic carbocycles. The molecular formula is C96H152BN11NaO11. The fourth-order valence-corrected chi connectivity index (χ4v) is 15.9. The van der Waals surface area contributed by atoms with Crippen molar-refractivity contribution in [3.05, 3.63) is 204 Å². The van der Waals surface area contributed by atoms with E-state index in [9.17, 15) is 24.0 Å². The molecule has 0 amide bonds. The van der Waals surface area contributed by atoms with Crippen LogP contribution < -0.4 is 52.5 Å². The predicted octanol–water partition coefficient (Wildman–Crippen LogP) is 21.0. The van der Waals surface area contributed by atoms with Crippen LogP contribution in [0.4, 0.5) is 0 Å². The van der Waals surface area contributed by atoms with Crippen molar-refractivity contribution in [2.45, 2.75) is 293 Å². The number of nitrogens with zero attached hydrogens (tertiary/aromatic N) is 7. The Bertz CT molecular complexity index is 3360. The predicted molar refractivity (Wildman–Crippen MR) is 486 cm³/mol. The van der Waals surface area contributed by atoms with E-state index in [1.807, 2.05) is 93.6 Å². The molecule has 0 spiro atoms. The van der Waals surface area contributed by atoms with E-state index in [4.69, 9.17) is 75.4 Å². The number of azide groups is 1. The first-order valence-electron chi connectivity index (χ1n) is 44.1. The van der Waals surface area contributed by atoms with Crippen LogP contribution in [-0.2, 0) is 22.6 Å². The van der Waals surface area contributed by atoms with Gasteiger partial charge in [0, 0.05) is 45.1 Å². The molecule has 14 N–H and O–H groups in total. The van der Waals surface area contributed by atoms with Crippen LogP contribution in [-0.4, -0.2) is 88.6 Å². The van der Waals surface area contributed by atoms with E-state index in [1.54, 1.807) is 54.6 Å². The Hall–Kier alpha value is -7.58. The van der Waals surface area contributed by atoms with Crippen molar-refractivity contribution in [1.29, 1.82) is 5.26 Å². The van der Waals surface area contributed by atoms with Crippen molar-refractivity contribution >= 4 is 38.3 Å². The average molecular weight is 1670 g/mol. The number of hydrogen-bond acceptors (Lipinski definition) is 12. The number of aryl methyl sites for hydroxylation is 1. The van der Waals surface area contributed by atoms with Crippen molar-refractivity contribution in [3.63, 3.8) is 0 Å². The second kappa shape index (κ2) is 74.1. The first kappa shape index (κ1) is 117. The number of benzene rings is 5. The van der Waals surface area contributed by atoms with Gasteiger partial charge in [-0.05, 0) is 220 Å². The molecule has 11 rings (SSSR count). The Morgan fingerprint density at radius 3 is 1.04 bits per heavy atom. The molecule has 6 aliphatic rings. The SMILES string of the molecule is CC(N)c1ccccc1.CC(N)c1ccccc1.CCC1CCCC(C(=O)O)C1.CC[C@@H]1CCC[C@H](CC)C1.CC[C@H]1CCCC(C(=O)O)C1.CC[C@H]1CCC[C@@H](CN)C1.CC[C@H]1CCC[C@@H](CN=[N+]=[N-])C1.CC[C@H]1CCC[C@@H](CO)C1.CCc1cccc(C(=O)O)c1.N#Cc1cccc(C(=O)O)c1.NCc1cccc(C(=O)O)c1.[B].[N-]=[N+]=[N-].[Na+]. The zero-order valence-corrected chi connectivity index (χ0v) is 77.0. The molecule has 0 aliphatic heterocycles. The van der Waals surface area contributed by atoms with E-state index in [2.05, 4.69) is 58.5 Å². The quantitative estimate of drug-likeness (QED) is 0.0150. The van der Waals surface area contributed by atoms with Crippen molar-refractivity contribution in [2.24, 2.45) is 99.1 Å². The first-order chi connectivity index (χ1) is 56.7. The smallest absolute Gasteiger partial charge is 0.481 e. The van der Waals surface area contributed by atoms with Gasteiger partial charge >= 0.3 is 59.4 Å². The number of aromatic carboxylic acids is 3. The summed E-state index contributed by atoms with van der Waals surface area (Å²) >= 11 is 0. The molecular weight excluding hydrogens is 1520 g/mol. The van der Waals surface area contributed by atoms with Gasteiger partial charge in [-0.1, -0.05) is 286 Å². The number of nitrogens with two attached hydrogens (primary N) is 4. The molecule has 5 unspecified atom stereocenters. The van der Waals surface area contributed by atoms with Crippen LogP contribution in [0, 0.1) is 82.3 Å². The number of aliphatic carboxylic acids is 2. The van der Waals surface area contributed by atoms with Crippen LogP contribution in [0.3, 0.4) is 0 Å². The van der Waals surface area contributed by atoms with E-state index in [0.717, 1.165) is 111 Å². The van der Waals surface area contributed by atoms with Gasteiger partial charge in [0.15, 0.2) is 0 Å². The first-order valence-corrected chi connectivity index (χ1v) is 44.1. The molecule has 0 saturated heterocycles. The van der Waals surface area contributed by atoms with Gasteiger partial charge in [0.05, 0.1) is 40.2 Å². The minimum atomic E-state index is -1.01. The maximum absolute atomic E-state index is 10.6. The van der Waals surface area contributed by atoms with E-state index < -0.39 is 29.8 Å². The summed E-state index contributed by atoms with van der Waals surface area (Å²) in [5.41, 5.74) is 49.3. The second-order valence-electron chi connectivity index (χ2n) is 32.5. The average Bonchev–Trinajstić information content (AvgIpc) is 0.902. The monoisotopic (exact) mass is 1670 g/mol. The molecule has 22 nitrogen and oxygen atoms in total. The molecule has 0 heterocycles. The summed E-state index contributed by atoms with van der Waals surface area (Å²) in [7, 11) is 0. The molecule has 0 aromatic heterocycles. The molecule has 6 fully saturated rings. The third-order valence-electron chi connectivity index (χ3n) is 23.7. The topological polar surface area (TPSA) is 442 Å². The van der Waals surface area contributed by atoms with Crippen molar-refractivity contribution in [3.8, 4) is 6.07 Å². The van der Waals surface area contributed by atoms with Gasteiger partial charge in [-0.2, -0.15) is 5.26 Å². The number of carbonyl (C=O) groups is 5. The number of nitriles is 1. The maximum atomic E-state index is 10.6. The summed E-state index contributed by atoms with van der Waals surface area (Å²) in [4.78, 5) is 56.8. The number of hydrogen-bond donors (Lipinski definition) is 10. The minimum Gasteiger partial charge on any atom is -0.481 e. The molecule has 120 heavy (non-hydrogen) atoms. The summed E-state index contributed by atoms with van der Waals surface area (Å²) in [6.45, 7) is 24.1. The van der Waals surface area contributed by atoms with Crippen molar-refractivity contribution in [1.82, 2.24) is 0 Å². The summed E-state index contributed by atoms with van der Waals surface area (Å²) in [5.74, 6) is 4.33. The van der Waals surface area contributed by atoms with Gasteiger partial charge < -0.3 is 64.6 Å². The Morgan fingerprint density at radius 2 is 0.733 bits per heavy atom. The number of carboxylic acids is 5. The molecule has 5 aromatic rings. The summed E-state index contributed by atoms with van der Waals surface area (Å²) in [5, 5.41) is 64.1. The van der Waals surface area contributed by atoms with Crippen LogP contribution in [0.15, 0.2) is 139 Å². The van der Waals surface area contributed by atoms with Crippen LogP contribution >= 0.6 is 0 Å². The number of aliphatic hydroxyl groups is 1. The fourth-order valence-electron chi connectivity index (χ4n) is 15.9. The minimum absolute atomic E-state index is 0. The molecule has 3 radical (unpaired) electrons. The molecule has 14 atom stereocenters. The van der Waals surface area contributed by atoms with Gasteiger partial charge in [-0.15, -0.1) is 0 Å². The van der Waals surface area contributed by atoms with Gasteiger partial charge in [0.2, 0.25) is 0 Å². The van der Waals surface area contributed by atoms with E-state index in [-0.39, 0.29) is 73.0 Å². The van der Waals surface area contributed by atoms with E-state index in [0.29, 0.717) is 54.5 Å². The third-order valence-corrected chi connectivity index (χ3v) is 23.7. The second-order valence-corrected chi connectivity index (χ2v) is 32.5. The zero-order chi connectivity index (χ0) is 88.4.